The largest absolute Gasteiger partial charge is 0.497 e. The summed E-state index contributed by atoms with van der Waals surface area (Å²) < 4.78 is 10.5. The third-order valence-electron chi connectivity index (χ3n) is 3.66. The van der Waals surface area contributed by atoms with Gasteiger partial charge in [-0.1, -0.05) is 11.6 Å². The van der Waals surface area contributed by atoms with Crippen molar-refractivity contribution in [3.8, 4) is 5.75 Å². The number of carbonyl (C=O) groups is 1. The predicted molar refractivity (Wildman–Crippen MR) is 96.5 cm³/mol. The molecule has 0 bridgehead atoms. The van der Waals surface area contributed by atoms with Crippen LogP contribution in [0.2, 0.25) is 5.15 Å². The highest BCUT2D eigenvalue weighted by Gasteiger charge is 2.12. The fourth-order valence-corrected chi connectivity index (χ4v) is 2.64. The van der Waals surface area contributed by atoms with Crippen molar-refractivity contribution in [2.24, 2.45) is 5.10 Å². The SMILES string of the molecule is COc1ccc2nc(Cl)c(/C=N\NC(=O)c3cc(C)oc3C)cc2c1. The summed E-state index contributed by atoms with van der Waals surface area (Å²) in [6, 6.07) is 8.99. The predicted octanol–water partition coefficient (Wildman–Crippen LogP) is 3.87. The maximum atomic E-state index is 12.1. The number of halogens is 1. The van der Waals surface area contributed by atoms with E-state index in [-0.39, 0.29) is 5.91 Å². The van der Waals surface area contributed by atoms with E-state index >= 15 is 0 Å². The molecule has 0 radical (unpaired) electrons. The molecule has 2 aromatic heterocycles. The number of nitrogens with zero attached hydrogens (tertiary/aromatic N) is 2. The number of benzene rings is 1. The van der Waals surface area contributed by atoms with Crippen LogP contribution in [0, 0.1) is 13.8 Å². The molecule has 2 heterocycles. The molecule has 1 aromatic carbocycles. The Kier molecular flexibility index (Phi) is 4.72. The molecule has 25 heavy (non-hydrogen) atoms. The van der Waals surface area contributed by atoms with E-state index in [2.05, 4.69) is 15.5 Å². The van der Waals surface area contributed by atoms with Crippen LogP contribution in [0.15, 0.2) is 39.9 Å². The lowest BCUT2D eigenvalue weighted by Gasteiger charge is -2.04. The molecular weight excluding hydrogens is 342 g/mol. The first-order valence-corrected chi connectivity index (χ1v) is 7.90. The molecule has 128 valence electrons. The van der Waals surface area contributed by atoms with Gasteiger partial charge in [0.25, 0.3) is 5.91 Å². The molecule has 7 heteroatoms. The average molecular weight is 358 g/mol. The number of rotatable bonds is 4. The fourth-order valence-electron chi connectivity index (χ4n) is 2.44. The number of aromatic nitrogens is 1. The molecule has 0 saturated heterocycles. The lowest BCUT2D eigenvalue weighted by atomic mass is 10.1. The molecule has 3 rings (SSSR count). The lowest BCUT2D eigenvalue weighted by molar-refractivity contribution is 0.0953. The molecule has 6 nitrogen and oxygen atoms in total. The van der Waals surface area contributed by atoms with E-state index in [0.29, 0.717) is 27.8 Å². The summed E-state index contributed by atoms with van der Waals surface area (Å²) in [5.41, 5.74) is 4.24. The number of fused-ring (bicyclic) bond motifs is 1. The quantitative estimate of drug-likeness (QED) is 0.437. The maximum Gasteiger partial charge on any atom is 0.274 e. The number of furan rings is 1. The zero-order valence-electron chi connectivity index (χ0n) is 14.0. The minimum Gasteiger partial charge on any atom is -0.497 e. The van der Waals surface area contributed by atoms with Crippen LogP contribution in [-0.4, -0.2) is 24.2 Å². The topological polar surface area (TPSA) is 76.7 Å². The molecule has 0 aliphatic heterocycles. The molecule has 0 unspecified atom stereocenters. The standard InChI is InChI=1S/C18H16ClN3O3/c1-10-6-15(11(2)25-10)18(23)22-20-9-13-7-12-8-14(24-3)4-5-16(12)21-17(13)19/h4-9H,1-3H3,(H,22,23)/b20-9-. The van der Waals surface area contributed by atoms with Gasteiger partial charge in [-0.05, 0) is 44.2 Å². The zero-order chi connectivity index (χ0) is 18.0. The Morgan fingerprint density at radius 3 is 2.80 bits per heavy atom. The lowest BCUT2D eigenvalue weighted by Crippen LogP contribution is -2.17. The summed E-state index contributed by atoms with van der Waals surface area (Å²) in [6.45, 7) is 3.50. The van der Waals surface area contributed by atoms with E-state index < -0.39 is 0 Å². The second-order valence-corrected chi connectivity index (χ2v) is 5.81. The minimum absolute atomic E-state index is 0.297. The Hall–Kier alpha value is -2.86. The third-order valence-corrected chi connectivity index (χ3v) is 3.96. The highest BCUT2D eigenvalue weighted by molar-refractivity contribution is 6.32. The van der Waals surface area contributed by atoms with Crippen molar-refractivity contribution >= 4 is 34.6 Å². The summed E-state index contributed by atoms with van der Waals surface area (Å²) in [7, 11) is 1.60. The van der Waals surface area contributed by atoms with Crippen molar-refractivity contribution < 1.29 is 13.9 Å². The van der Waals surface area contributed by atoms with Gasteiger partial charge in [0.2, 0.25) is 0 Å². The summed E-state index contributed by atoms with van der Waals surface area (Å²) in [6.07, 6.45) is 1.45. The summed E-state index contributed by atoms with van der Waals surface area (Å²) in [5.74, 6) is 1.58. The molecule has 3 aromatic rings. The fraction of sp³-hybridized carbons (Fsp3) is 0.167. The van der Waals surface area contributed by atoms with Crippen LogP contribution in [0.5, 0.6) is 5.75 Å². The third kappa shape index (κ3) is 3.64. The van der Waals surface area contributed by atoms with E-state index in [1.54, 1.807) is 27.0 Å². The van der Waals surface area contributed by atoms with Crippen molar-refractivity contribution in [3.05, 3.63) is 58.1 Å². The Labute approximate surface area is 149 Å². The maximum absolute atomic E-state index is 12.1. The van der Waals surface area contributed by atoms with Gasteiger partial charge in [0, 0.05) is 10.9 Å². The first kappa shape index (κ1) is 17.0. The Morgan fingerprint density at radius 2 is 2.12 bits per heavy atom. The van der Waals surface area contributed by atoms with Gasteiger partial charge in [0.05, 0.1) is 24.4 Å². The van der Waals surface area contributed by atoms with Gasteiger partial charge >= 0.3 is 0 Å². The van der Waals surface area contributed by atoms with Gasteiger partial charge in [-0.15, -0.1) is 0 Å². The number of hydrazone groups is 1. The van der Waals surface area contributed by atoms with Crippen molar-refractivity contribution in [2.75, 3.05) is 7.11 Å². The van der Waals surface area contributed by atoms with Gasteiger partial charge in [-0.3, -0.25) is 4.79 Å². The number of nitrogens with one attached hydrogen (secondary N) is 1. The van der Waals surface area contributed by atoms with Gasteiger partial charge in [-0.2, -0.15) is 5.10 Å². The number of pyridine rings is 1. The van der Waals surface area contributed by atoms with Crippen molar-refractivity contribution in [2.45, 2.75) is 13.8 Å². The van der Waals surface area contributed by atoms with Crippen LogP contribution >= 0.6 is 11.6 Å². The molecular formula is C18H16ClN3O3. The van der Waals surface area contributed by atoms with Gasteiger partial charge < -0.3 is 9.15 Å². The number of carbonyl (C=O) groups excluding carboxylic acids is 1. The first-order chi connectivity index (χ1) is 12.0. The molecule has 0 spiro atoms. The van der Waals surface area contributed by atoms with Gasteiger partial charge in [-0.25, -0.2) is 10.4 Å². The van der Waals surface area contributed by atoms with Crippen LogP contribution < -0.4 is 10.2 Å². The number of hydrogen-bond acceptors (Lipinski definition) is 5. The normalized spacial score (nSPS) is 11.2. The molecule has 0 aliphatic carbocycles. The highest BCUT2D eigenvalue weighted by Crippen LogP contribution is 2.23. The van der Waals surface area contributed by atoms with Crippen LogP contribution in [0.1, 0.15) is 27.4 Å². The minimum atomic E-state index is -0.350. The Morgan fingerprint density at radius 1 is 1.32 bits per heavy atom. The Bertz CT molecular complexity index is 979. The number of ether oxygens (including phenoxy) is 1. The number of aryl methyl sites for hydroxylation is 2. The second kappa shape index (κ2) is 6.94. The highest BCUT2D eigenvalue weighted by atomic mass is 35.5. The van der Waals surface area contributed by atoms with E-state index in [0.717, 1.165) is 16.7 Å². The van der Waals surface area contributed by atoms with Crippen LogP contribution in [0.3, 0.4) is 0 Å². The van der Waals surface area contributed by atoms with Crippen molar-refractivity contribution in [3.63, 3.8) is 0 Å². The van der Waals surface area contributed by atoms with Crippen LogP contribution in [0.25, 0.3) is 10.9 Å². The number of amides is 1. The second-order valence-electron chi connectivity index (χ2n) is 5.45. The van der Waals surface area contributed by atoms with Crippen LogP contribution in [0.4, 0.5) is 0 Å². The molecule has 0 atom stereocenters. The average Bonchev–Trinajstić information content (AvgIpc) is 2.93. The summed E-state index contributed by atoms with van der Waals surface area (Å²) in [5, 5.41) is 5.11. The first-order valence-electron chi connectivity index (χ1n) is 7.52. The van der Waals surface area contributed by atoms with Gasteiger partial charge in [0.15, 0.2) is 0 Å². The number of hydrogen-bond donors (Lipinski definition) is 1. The molecule has 0 aliphatic rings. The van der Waals surface area contributed by atoms with E-state index in [1.807, 2.05) is 24.3 Å². The van der Waals surface area contributed by atoms with E-state index in [4.69, 9.17) is 20.8 Å². The van der Waals surface area contributed by atoms with Gasteiger partial charge in [0.1, 0.15) is 22.4 Å². The summed E-state index contributed by atoms with van der Waals surface area (Å²) >= 11 is 6.18. The van der Waals surface area contributed by atoms with Crippen molar-refractivity contribution in [1.29, 1.82) is 0 Å². The number of methoxy groups -OCH3 is 1. The molecule has 0 fully saturated rings. The van der Waals surface area contributed by atoms with E-state index in [1.165, 1.54) is 6.21 Å². The monoisotopic (exact) mass is 357 g/mol. The smallest absolute Gasteiger partial charge is 0.274 e. The molecule has 1 amide bonds. The molecule has 0 saturated carbocycles. The van der Waals surface area contributed by atoms with Crippen LogP contribution in [-0.2, 0) is 0 Å². The summed E-state index contributed by atoms with van der Waals surface area (Å²) in [4.78, 5) is 16.4. The Balaban J connectivity index is 1.81. The zero-order valence-corrected chi connectivity index (χ0v) is 14.7. The molecule has 1 N–H and O–H groups in total. The van der Waals surface area contributed by atoms with E-state index in [9.17, 15) is 4.79 Å². The van der Waals surface area contributed by atoms with Crippen molar-refractivity contribution in [1.82, 2.24) is 10.4 Å².